The van der Waals surface area contributed by atoms with E-state index >= 15 is 0 Å². The molecule has 1 saturated heterocycles. The molecule has 116 valence electrons. The van der Waals surface area contributed by atoms with Crippen molar-refractivity contribution in [1.29, 1.82) is 0 Å². The first kappa shape index (κ1) is 17.2. The topological polar surface area (TPSA) is 54.5 Å². The van der Waals surface area contributed by atoms with Gasteiger partial charge in [-0.05, 0) is 30.7 Å². The number of halogens is 4. The fourth-order valence-corrected chi connectivity index (χ4v) is 4.31. The molecule has 0 radical (unpaired) electrons. The number of nitrogens with zero attached hydrogens (tertiary/aromatic N) is 1. The van der Waals surface area contributed by atoms with Gasteiger partial charge in [-0.1, -0.05) is 46.4 Å². The average Bonchev–Trinajstić information content (AvgIpc) is 2.71. The summed E-state index contributed by atoms with van der Waals surface area (Å²) in [5.74, 6) is -0.922. The smallest absolute Gasteiger partial charge is 0.279 e. The summed E-state index contributed by atoms with van der Waals surface area (Å²) in [4.78, 5) is 13.6. The van der Waals surface area contributed by atoms with Gasteiger partial charge in [-0.3, -0.25) is 4.79 Å². The van der Waals surface area contributed by atoms with Crippen LogP contribution in [0.2, 0.25) is 5.02 Å². The summed E-state index contributed by atoms with van der Waals surface area (Å²) in [5.41, 5.74) is 0.442. The molecule has 0 aliphatic carbocycles. The largest absolute Gasteiger partial charge is 0.305 e. The van der Waals surface area contributed by atoms with Gasteiger partial charge in [0.2, 0.25) is 0 Å². The highest BCUT2D eigenvalue weighted by Gasteiger charge is 2.42. The molecule has 0 saturated carbocycles. The lowest BCUT2D eigenvalue weighted by molar-refractivity contribution is -0.118. The van der Waals surface area contributed by atoms with Crippen LogP contribution in [0, 0.1) is 0 Å². The quantitative estimate of drug-likeness (QED) is 0.728. The lowest BCUT2D eigenvalue weighted by atomic mass is 10.2. The predicted octanol–water partition coefficient (Wildman–Crippen LogP) is 3.23. The van der Waals surface area contributed by atoms with E-state index < -0.39 is 25.6 Å². The van der Waals surface area contributed by atoms with Crippen LogP contribution in [0.3, 0.4) is 0 Å². The van der Waals surface area contributed by atoms with Gasteiger partial charge in [0.25, 0.3) is 9.70 Å². The second-order valence-corrected chi connectivity index (χ2v) is 9.65. The van der Waals surface area contributed by atoms with Crippen LogP contribution in [0.1, 0.15) is 6.42 Å². The molecule has 2 rings (SSSR count). The van der Waals surface area contributed by atoms with Crippen LogP contribution in [0.25, 0.3) is 0 Å². The summed E-state index contributed by atoms with van der Waals surface area (Å²) in [5, 5.41) is 0.485. The molecule has 0 aromatic heterocycles. The number of carbonyl (C=O) groups is 1. The third kappa shape index (κ3) is 4.17. The molecular weight excluding hydrogens is 380 g/mol. The molecular formula is C12H11Cl4NO3S. The molecule has 1 fully saturated rings. The van der Waals surface area contributed by atoms with Crippen molar-refractivity contribution in [1.82, 2.24) is 0 Å². The molecule has 21 heavy (non-hydrogen) atoms. The van der Waals surface area contributed by atoms with Crippen LogP contribution in [0.4, 0.5) is 5.69 Å². The molecule has 0 bridgehead atoms. The molecule has 0 spiro atoms. The zero-order valence-electron chi connectivity index (χ0n) is 10.6. The maximum absolute atomic E-state index is 12.4. The summed E-state index contributed by atoms with van der Waals surface area (Å²) in [7, 11) is -3.18. The van der Waals surface area contributed by atoms with Gasteiger partial charge in [0, 0.05) is 10.7 Å². The number of alkyl halides is 3. The SMILES string of the molecule is O=C(N(c1ccc(Cl)cc1)C1CCS(=O)(=O)C1)C(Cl)(Cl)Cl. The zero-order valence-corrected chi connectivity index (χ0v) is 14.4. The minimum absolute atomic E-state index is 0.00882. The second kappa shape index (κ2) is 6.13. The molecule has 0 N–H and O–H groups in total. The van der Waals surface area contributed by atoms with Crippen molar-refractivity contribution in [3.63, 3.8) is 0 Å². The van der Waals surface area contributed by atoms with Crippen molar-refractivity contribution in [2.75, 3.05) is 16.4 Å². The van der Waals surface area contributed by atoms with E-state index in [1.165, 1.54) is 4.90 Å². The maximum Gasteiger partial charge on any atom is 0.279 e. The molecule has 1 aliphatic heterocycles. The maximum atomic E-state index is 12.4. The van der Waals surface area contributed by atoms with E-state index in [0.717, 1.165) is 0 Å². The minimum atomic E-state index is -3.18. The summed E-state index contributed by atoms with van der Waals surface area (Å²) in [6, 6.07) is 5.78. The summed E-state index contributed by atoms with van der Waals surface area (Å²) < 4.78 is 21.1. The van der Waals surface area contributed by atoms with Crippen LogP contribution in [0.15, 0.2) is 24.3 Å². The number of rotatable bonds is 2. The standard InChI is InChI=1S/C12H11Cl4NO3S/c13-8-1-3-9(4-2-8)17(11(18)12(14,15)16)10-5-6-21(19,20)7-10/h1-4,10H,5-7H2. The van der Waals surface area contributed by atoms with E-state index in [0.29, 0.717) is 17.1 Å². The molecule has 1 heterocycles. The lowest BCUT2D eigenvalue weighted by Crippen LogP contribution is -2.47. The fourth-order valence-electron chi connectivity index (χ4n) is 2.21. The molecule has 1 aromatic carbocycles. The Kier molecular flexibility index (Phi) is 5.01. The van der Waals surface area contributed by atoms with E-state index in [2.05, 4.69) is 0 Å². The minimum Gasteiger partial charge on any atom is -0.305 e. The van der Waals surface area contributed by atoms with E-state index in [1.807, 2.05) is 0 Å². The van der Waals surface area contributed by atoms with E-state index in [1.54, 1.807) is 24.3 Å². The lowest BCUT2D eigenvalue weighted by Gasteiger charge is -2.30. The average molecular weight is 391 g/mol. The number of hydrogen-bond donors (Lipinski definition) is 0. The number of anilines is 1. The number of benzene rings is 1. The van der Waals surface area contributed by atoms with E-state index in [9.17, 15) is 13.2 Å². The van der Waals surface area contributed by atoms with Gasteiger partial charge in [-0.15, -0.1) is 0 Å². The van der Waals surface area contributed by atoms with Gasteiger partial charge >= 0.3 is 0 Å². The van der Waals surface area contributed by atoms with Crippen molar-refractivity contribution in [2.45, 2.75) is 16.3 Å². The van der Waals surface area contributed by atoms with Crippen molar-refractivity contribution in [2.24, 2.45) is 0 Å². The van der Waals surface area contributed by atoms with Gasteiger partial charge in [0.05, 0.1) is 17.5 Å². The first-order valence-corrected chi connectivity index (χ1v) is 9.30. The van der Waals surface area contributed by atoms with E-state index in [4.69, 9.17) is 46.4 Å². The van der Waals surface area contributed by atoms with Crippen LogP contribution in [-0.2, 0) is 14.6 Å². The molecule has 9 heteroatoms. The fraction of sp³-hybridized carbons (Fsp3) is 0.417. The molecule has 1 aromatic rings. The first-order chi connectivity index (χ1) is 9.60. The Morgan fingerprint density at radius 1 is 1.19 bits per heavy atom. The molecule has 1 unspecified atom stereocenters. The number of sulfone groups is 1. The normalized spacial score (nSPS) is 21.2. The second-order valence-electron chi connectivity index (χ2n) is 4.71. The number of amides is 1. The Morgan fingerprint density at radius 3 is 2.19 bits per heavy atom. The summed E-state index contributed by atoms with van der Waals surface area (Å²) in [6.45, 7) is 0. The highest BCUT2D eigenvalue weighted by Crippen LogP contribution is 2.34. The van der Waals surface area contributed by atoms with Crippen LogP contribution in [0.5, 0.6) is 0 Å². The highest BCUT2D eigenvalue weighted by molar-refractivity contribution is 7.91. The number of hydrogen-bond acceptors (Lipinski definition) is 3. The third-order valence-electron chi connectivity index (χ3n) is 3.14. The van der Waals surface area contributed by atoms with Gasteiger partial charge in [0.15, 0.2) is 9.84 Å². The van der Waals surface area contributed by atoms with Gasteiger partial charge in [-0.25, -0.2) is 8.42 Å². The molecule has 1 aliphatic rings. The Morgan fingerprint density at radius 2 is 1.76 bits per heavy atom. The predicted molar refractivity (Wildman–Crippen MR) is 86.3 cm³/mol. The Labute approximate surface area is 142 Å². The van der Waals surface area contributed by atoms with Crippen molar-refractivity contribution < 1.29 is 13.2 Å². The molecule has 4 nitrogen and oxygen atoms in total. The summed E-state index contributed by atoms with van der Waals surface area (Å²) >= 11 is 22.8. The van der Waals surface area contributed by atoms with Crippen LogP contribution < -0.4 is 4.90 Å². The molecule has 1 amide bonds. The monoisotopic (exact) mass is 389 g/mol. The van der Waals surface area contributed by atoms with Gasteiger partial charge < -0.3 is 4.90 Å². The number of carbonyl (C=O) groups excluding carboxylic acids is 1. The van der Waals surface area contributed by atoms with Gasteiger partial charge in [-0.2, -0.15) is 0 Å². The van der Waals surface area contributed by atoms with E-state index in [-0.39, 0.29) is 11.5 Å². The Balaban J connectivity index is 2.40. The Bertz CT molecular complexity index is 639. The van der Waals surface area contributed by atoms with Crippen LogP contribution in [-0.4, -0.2) is 35.7 Å². The first-order valence-electron chi connectivity index (χ1n) is 5.96. The van der Waals surface area contributed by atoms with Gasteiger partial charge in [0.1, 0.15) is 0 Å². The highest BCUT2D eigenvalue weighted by atomic mass is 35.6. The van der Waals surface area contributed by atoms with Crippen LogP contribution >= 0.6 is 46.4 Å². The van der Waals surface area contributed by atoms with Crippen molar-refractivity contribution >= 4 is 67.8 Å². The Hall–Kier alpha value is -0.200. The zero-order chi connectivity index (χ0) is 15.8. The molecule has 1 atom stereocenters. The van der Waals surface area contributed by atoms with Crippen molar-refractivity contribution in [3.05, 3.63) is 29.3 Å². The van der Waals surface area contributed by atoms with Crippen molar-refractivity contribution in [3.8, 4) is 0 Å². The summed E-state index contributed by atoms with van der Waals surface area (Å²) in [6.07, 6.45) is 0.303. The third-order valence-corrected chi connectivity index (χ3v) is 5.63.